The summed E-state index contributed by atoms with van der Waals surface area (Å²) in [6.07, 6.45) is 2.26. The summed E-state index contributed by atoms with van der Waals surface area (Å²) in [5.41, 5.74) is 1.96. The molecule has 1 N–H and O–H groups in total. The second-order valence-corrected chi connectivity index (χ2v) is 7.83. The molecule has 1 unspecified atom stereocenters. The summed E-state index contributed by atoms with van der Waals surface area (Å²) < 4.78 is 0. The van der Waals surface area contributed by atoms with Crippen LogP contribution < -0.4 is 5.32 Å². The Kier molecular flexibility index (Phi) is 5.39. The lowest BCUT2D eigenvalue weighted by Crippen LogP contribution is -2.37. The molecule has 0 spiro atoms. The van der Waals surface area contributed by atoms with Gasteiger partial charge in [0.2, 0.25) is 0 Å². The summed E-state index contributed by atoms with van der Waals surface area (Å²) in [4.78, 5) is 40.4. The summed E-state index contributed by atoms with van der Waals surface area (Å²) in [5.74, 6) is -1.01. The number of hydrogen-bond donors (Lipinski definition) is 1. The van der Waals surface area contributed by atoms with Crippen molar-refractivity contribution in [1.29, 1.82) is 0 Å². The monoisotopic (exact) mass is 411 g/mol. The molecular weight excluding hydrogens is 390 g/mol. The van der Waals surface area contributed by atoms with E-state index in [2.05, 4.69) is 10.2 Å². The SMILES string of the molecule is CN1C(=O)c2ccc(C(=O)NCC(c3ccccc3Cl)N3CCCC3)cc2C1=O. The van der Waals surface area contributed by atoms with Gasteiger partial charge in [-0.2, -0.15) is 0 Å². The Labute approximate surface area is 174 Å². The van der Waals surface area contributed by atoms with E-state index >= 15 is 0 Å². The minimum absolute atomic E-state index is 0.0149. The van der Waals surface area contributed by atoms with Crippen molar-refractivity contribution in [3.63, 3.8) is 0 Å². The standard InChI is InChI=1S/C22H22ClN3O3/c1-25-21(28)15-9-8-14(12-17(15)22(25)29)20(27)24-13-19(26-10-4-5-11-26)16-6-2-3-7-18(16)23/h2-3,6-9,12,19H,4-5,10-11,13H2,1H3,(H,24,27). The minimum atomic E-state index is -0.384. The first kappa shape index (κ1) is 19.6. The normalized spacial score (nSPS) is 17.5. The Morgan fingerprint density at radius 1 is 1.07 bits per heavy atom. The number of imide groups is 1. The first-order chi connectivity index (χ1) is 14.0. The largest absolute Gasteiger partial charge is 0.350 e. The molecule has 2 aliphatic heterocycles. The number of nitrogens with one attached hydrogen (secondary N) is 1. The molecule has 3 amide bonds. The number of halogens is 1. The topological polar surface area (TPSA) is 69.7 Å². The van der Waals surface area contributed by atoms with Crippen molar-refractivity contribution in [2.45, 2.75) is 18.9 Å². The smallest absolute Gasteiger partial charge is 0.261 e. The first-order valence-corrected chi connectivity index (χ1v) is 10.1. The van der Waals surface area contributed by atoms with Crippen LogP contribution in [0.2, 0.25) is 5.02 Å². The Morgan fingerprint density at radius 2 is 1.76 bits per heavy atom. The number of rotatable bonds is 5. The van der Waals surface area contributed by atoms with Crippen LogP contribution in [0.5, 0.6) is 0 Å². The number of carbonyl (C=O) groups excluding carboxylic acids is 3. The number of benzene rings is 2. The van der Waals surface area contributed by atoms with Crippen molar-refractivity contribution < 1.29 is 14.4 Å². The lowest BCUT2D eigenvalue weighted by molar-refractivity contribution is 0.0693. The van der Waals surface area contributed by atoms with E-state index in [1.165, 1.54) is 13.1 Å². The highest BCUT2D eigenvalue weighted by Gasteiger charge is 2.33. The second kappa shape index (κ2) is 7.97. The molecule has 4 rings (SSSR count). The van der Waals surface area contributed by atoms with Gasteiger partial charge in [0, 0.05) is 24.2 Å². The molecule has 2 heterocycles. The van der Waals surface area contributed by atoms with Crippen LogP contribution in [0.4, 0.5) is 0 Å². The fraction of sp³-hybridized carbons (Fsp3) is 0.318. The van der Waals surface area contributed by atoms with Crippen molar-refractivity contribution in [2.75, 3.05) is 26.7 Å². The Bertz CT molecular complexity index is 985. The van der Waals surface area contributed by atoms with Crippen LogP contribution in [0, 0.1) is 0 Å². The third kappa shape index (κ3) is 3.66. The van der Waals surface area contributed by atoms with Crippen LogP contribution in [0.15, 0.2) is 42.5 Å². The molecule has 1 fully saturated rings. The summed E-state index contributed by atoms with van der Waals surface area (Å²) in [7, 11) is 1.44. The third-order valence-corrected chi connectivity index (χ3v) is 6.00. The summed E-state index contributed by atoms with van der Waals surface area (Å²) in [6, 6.07) is 12.3. The van der Waals surface area contributed by atoms with Gasteiger partial charge in [-0.05, 0) is 55.8 Å². The third-order valence-electron chi connectivity index (χ3n) is 5.65. The average Bonchev–Trinajstić information content (AvgIpc) is 3.33. The van der Waals surface area contributed by atoms with Crippen LogP contribution in [-0.2, 0) is 0 Å². The number of likely N-dealkylation sites (tertiary alicyclic amines) is 1. The molecule has 6 nitrogen and oxygen atoms in total. The molecule has 29 heavy (non-hydrogen) atoms. The second-order valence-electron chi connectivity index (χ2n) is 7.42. The Hall–Kier alpha value is -2.70. The van der Waals surface area contributed by atoms with Gasteiger partial charge in [0.05, 0.1) is 17.2 Å². The number of nitrogens with zero attached hydrogens (tertiary/aromatic N) is 2. The number of hydrogen-bond acceptors (Lipinski definition) is 4. The summed E-state index contributed by atoms with van der Waals surface area (Å²) in [6.45, 7) is 2.34. The molecule has 0 saturated carbocycles. The van der Waals surface area contributed by atoms with Crippen LogP contribution in [0.25, 0.3) is 0 Å². The van der Waals surface area contributed by atoms with Crippen molar-refractivity contribution in [3.8, 4) is 0 Å². The fourth-order valence-electron chi connectivity index (χ4n) is 4.03. The zero-order valence-corrected chi connectivity index (χ0v) is 16.9. The van der Waals surface area contributed by atoms with Crippen molar-refractivity contribution in [1.82, 2.24) is 15.1 Å². The van der Waals surface area contributed by atoms with Crippen LogP contribution in [0.1, 0.15) is 55.5 Å². The predicted octanol–water partition coefficient (Wildman–Crippen LogP) is 3.13. The molecule has 2 aromatic carbocycles. The van der Waals surface area contributed by atoms with E-state index in [4.69, 9.17) is 11.6 Å². The molecule has 7 heteroatoms. The van der Waals surface area contributed by atoms with Crippen molar-refractivity contribution in [3.05, 3.63) is 69.7 Å². The van der Waals surface area contributed by atoms with E-state index in [0.717, 1.165) is 36.4 Å². The molecule has 0 radical (unpaired) electrons. The highest BCUT2D eigenvalue weighted by molar-refractivity contribution is 6.31. The molecule has 0 aromatic heterocycles. The quantitative estimate of drug-likeness (QED) is 0.767. The van der Waals surface area contributed by atoms with Gasteiger partial charge in [-0.1, -0.05) is 29.8 Å². The molecule has 150 valence electrons. The van der Waals surface area contributed by atoms with Gasteiger partial charge in [0.15, 0.2) is 0 Å². The van der Waals surface area contributed by atoms with Crippen LogP contribution in [0.3, 0.4) is 0 Å². The Morgan fingerprint density at radius 3 is 2.48 bits per heavy atom. The zero-order valence-electron chi connectivity index (χ0n) is 16.2. The van der Waals surface area contributed by atoms with Crippen LogP contribution >= 0.6 is 11.6 Å². The maximum Gasteiger partial charge on any atom is 0.261 e. The molecule has 2 aromatic rings. The van der Waals surface area contributed by atoms with Gasteiger partial charge in [0.25, 0.3) is 17.7 Å². The van der Waals surface area contributed by atoms with Gasteiger partial charge in [-0.15, -0.1) is 0 Å². The van der Waals surface area contributed by atoms with Gasteiger partial charge < -0.3 is 5.32 Å². The number of fused-ring (bicyclic) bond motifs is 1. The maximum absolute atomic E-state index is 12.8. The maximum atomic E-state index is 12.8. The van der Waals surface area contributed by atoms with E-state index in [9.17, 15) is 14.4 Å². The first-order valence-electron chi connectivity index (χ1n) is 9.70. The van der Waals surface area contributed by atoms with E-state index in [-0.39, 0.29) is 29.3 Å². The van der Waals surface area contributed by atoms with Gasteiger partial charge >= 0.3 is 0 Å². The predicted molar refractivity (Wildman–Crippen MR) is 110 cm³/mol. The molecule has 1 saturated heterocycles. The molecule has 2 aliphatic rings. The summed E-state index contributed by atoms with van der Waals surface area (Å²) in [5, 5.41) is 3.66. The molecular formula is C22H22ClN3O3. The minimum Gasteiger partial charge on any atom is -0.350 e. The molecule has 1 atom stereocenters. The van der Waals surface area contributed by atoms with Crippen LogP contribution in [-0.4, -0.2) is 54.2 Å². The van der Waals surface area contributed by atoms with E-state index < -0.39 is 0 Å². The van der Waals surface area contributed by atoms with Gasteiger partial charge in [0.1, 0.15) is 0 Å². The molecule has 0 aliphatic carbocycles. The fourth-order valence-corrected chi connectivity index (χ4v) is 4.29. The lowest BCUT2D eigenvalue weighted by Gasteiger charge is -2.29. The summed E-state index contributed by atoms with van der Waals surface area (Å²) >= 11 is 6.42. The van der Waals surface area contributed by atoms with Gasteiger partial charge in [-0.25, -0.2) is 0 Å². The molecule has 0 bridgehead atoms. The number of carbonyl (C=O) groups is 3. The Balaban J connectivity index is 1.53. The lowest BCUT2D eigenvalue weighted by atomic mass is 10.0. The van der Waals surface area contributed by atoms with E-state index in [0.29, 0.717) is 22.7 Å². The van der Waals surface area contributed by atoms with Crippen molar-refractivity contribution >= 4 is 29.3 Å². The zero-order chi connectivity index (χ0) is 20.5. The number of amides is 3. The highest BCUT2D eigenvalue weighted by atomic mass is 35.5. The van der Waals surface area contributed by atoms with E-state index in [1.54, 1.807) is 12.1 Å². The van der Waals surface area contributed by atoms with Gasteiger partial charge in [-0.3, -0.25) is 24.2 Å². The average molecular weight is 412 g/mol. The highest BCUT2D eigenvalue weighted by Crippen LogP contribution is 2.30. The van der Waals surface area contributed by atoms with E-state index in [1.807, 2.05) is 24.3 Å². The van der Waals surface area contributed by atoms with Crippen molar-refractivity contribution in [2.24, 2.45) is 0 Å².